The van der Waals surface area contributed by atoms with Crippen LogP contribution in [-0.2, 0) is 18.7 Å². The largest absolute Gasteiger partial charge is 0.481 e. The van der Waals surface area contributed by atoms with Crippen LogP contribution in [0.1, 0.15) is 67.7 Å². The first-order chi connectivity index (χ1) is 13.0. The van der Waals surface area contributed by atoms with Crippen LogP contribution >= 0.6 is 0 Å². The minimum atomic E-state index is -2.09. The molecule has 0 spiro atoms. The number of aliphatic carboxylic acids is 1. The van der Waals surface area contributed by atoms with E-state index in [4.69, 9.17) is 13.9 Å². The van der Waals surface area contributed by atoms with Gasteiger partial charge in [0.2, 0.25) is 0 Å². The first kappa shape index (κ1) is 26.3. The zero-order valence-electron chi connectivity index (χ0n) is 19.7. The van der Waals surface area contributed by atoms with Gasteiger partial charge in [0.25, 0.3) is 0 Å². The van der Waals surface area contributed by atoms with Gasteiger partial charge in [-0.1, -0.05) is 39.8 Å². The summed E-state index contributed by atoms with van der Waals surface area (Å²) in [6.45, 7) is 18.5. The molecule has 0 saturated carbocycles. The van der Waals surface area contributed by atoms with Crippen LogP contribution in [0.3, 0.4) is 0 Å². The summed E-state index contributed by atoms with van der Waals surface area (Å²) >= 11 is 0. The number of aliphatic hydroxyl groups excluding tert-OH is 1. The second-order valence-electron chi connectivity index (χ2n) is 10.5. The Labute approximate surface area is 177 Å². The van der Waals surface area contributed by atoms with Gasteiger partial charge in [0.1, 0.15) is 6.10 Å². The highest BCUT2D eigenvalue weighted by molar-refractivity contribution is 6.74. The number of carboxylic acid groups (broad SMARTS) is 1. The molecule has 0 aliphatic carbocycles. The highest BCUT2D eigenvalue weighted by Crippen LogP contribution is 2.42. The molecule has 0 aromatic heterocycles. The van der Waals surface area contributed by atoms with Crippen LogP contribution in [-0.4, -0.2) is 54.7 Å². The van der Waals surface area contributed by atoms with E-state index in [0.717, 1.165) is 0 Å². The van der Waals surface area contributed by atoms with E-state index in [1.54, 1.807) is 0 Å². The molecule has 29 heavy (non-hydrogen) atoms. The average Bonchev–Trinajstić information content (AvgIpc) is 2.77. The maximum absolute atomic E-state index is 11.4. The van der Waals surface area contributed by atoms with E-state index < -0.39 is 25.7 Å². The van der Waals surface area contributed by atoms with Crippen molar-refractivity contribution >= 4 is 14.3 Å². The fraction of sp³-hybridized carbons (Fsp3) is 0.864. The first-order valence-electron chi connectivity index (χ1n) is 10.6. The Morgan fingerprint density at radius 1 is 1.28 bits per heavy atom. The molecule has 4 atom stereocenters. The molecule has 1 heterocycles. The lowest BCUT2D eigenvalue weighted by Crippen LogP contribution is -2.45. The molecule has 1 aliphatic heterocycles. The molecule has 1 aliphatic rings. The summed E-state index contributed by atoms with van der Waals surface area (Å²) in [5.74, 6) is -1.54. The maximum atomic E-state index is 11.4. The van der Waals surface area contributed by atoms with E-state index in [1.165, 1.54) is 0 Å². The van der Waals surface area contributed by atoms with Crippen molar-refractivity contribution in [2.24, 2.45) is 5.92 Å². The summed E-state index contributed by atoms with van der Waals surface area (Å²) in [4.78, 5) is 11.4. The lowest BCUT2D eigenvalue weighted by atomic mass is 9.90. The van der Waals surface area contributed by atoms with Gasteiger partial charge in [0, 0.05) is 6.61 Å². The highest BCUT2D eigenvalue weighted by Gasteiger charge is 2.49. The van der Waals surface area contributed by atoms with Crippen molar-refractivity contribution in [3.63, 3.8) is 0 Å². The second-order valence-corrected chi connectivity index (χ2v) is 15.3. The van der Waals surface area contributed by atoms with Crippen molar-refractivity contribution in [3.05, 3.63) is 12.2 Å². The summed E-state index contributed by atoms with van der Waals surface area (Å²) < 4.78 is 18.8. The molecule has 6 nitrogen and oxygen atoms in total. The molecule has 0 unspecified atom stereocenters. The zero-order chi connectivity index (χ0) is 22.7. The fourth-order valence-corrected chi connectivity index (χ4v) is 4.69. The van der Waals surface area contributed by atoms with Crippen molar-refractivity contribution < 1.29 is 28.9 Å². The Hall–Kier alpha value is -0.733. The van der Waals surface area contributed by atoms with E-state index in [9.17, 15) is 15.0 Å². The fourth-order valence-electron chi connectivity index (χ4n) is 3.30. The molecule has 0 bridgehead atoms. The van der Waals surface area contributed by atoms with Crippen molar-refractivity contribution in [2.45, 2.75) is 109 Å². The molecule has 7 heteroatoms. The van der Waals surface area contributed by atoms with E-state index >= 15 is 0 Å². The Kier molecular flexibility index (Phi) is 8.71. The zero-order valence-corrected chi connectivity index (χ0v) is 20.7. The minimum absolute atomic E-state index is 0.00826. The molecule has 0 aromatic carbocycles. The van der Waals surface area contributed by atoms with Crippen LogP contribution in [0.25, 0.3) is 0 Å². The molecule has 0 radical (unpaired) electrons. The standard InChI is InChI=1S/C22H42O6Si/c1-16(15-23)10-11-18-22(7,28-21(5,6)26-18)13-12-17(14-19(24)25)27-29(8,9)20(2,3)4/h10-11,16-18,23H,12-15H2,1-9H3,(H,24,25)/b11-10+/t16-,17+,18-,22+/m1/s1. The number of hydrogen-bond acceptors (Lipinski definition) is 5. The normalized spacial score (nSPS) is 27.3. The second kappa shape index (κ2) is 9.60. The van der Waals surface area contributed by atoms with Crippen molar-refractivity contribution in [2.75, 3.05) is 6.61 Å². The number of hydrogen-bond donors (Lipinski definition) is 2. The number of rotatable bonds is 10. The number of carbonyl (C=O) groups is 1. The van der Waals surface area contributed by atoms with Gasteiger partial charge < -0.3 is 24.1 Å². The van der Waals surface area contributed by atoms with Gasteiger partial charge in [-0.3, -0.25) is 4.79 Å². The van der Waals surface area contributed by atoms with E-state index in [0.29, 0.717) is 12.8 Å². The van der Waals surface area contributed by atoms with Crippen LogP contribution < -0.4 is 0 Å². The molecule has 1 fully saturated rings. The van der Waals surface area contributed by atoms with Gasteiger partial charge >= 0.3 is 5.97 Å². The molecule has 2 N–H and O–H groups in total. The molecule has 1 saturated heterocycles. The van der Waals surface area contributed by atoms with Crippen LogP contribution in [0.4, 0.5) is 0 Å². The Morgan fingerprint density at radius 3 is 2.34 bits per heavy atom. The van der Waals surface area contributed by atoms with Gasteiger partial charge in [0.05, 0.1) is 18.1 Å². The molecule has 1 rings (SSSR count). The first-order valence-corrected chi connectivity index (χ1v) is 13.5. The maximum Gasteiger partial charge on any atom is 0.305 e. The predicted molar refractivity (Wildman–Crippen MR) is 117 cm³/mol. The lowest BCUT2D eigenvalue weighted by Gasteiger charge is -2.40. The third-order valence-electron chi connectivity index (χ3n) is 6.03. The van der Waals surface area contributed by atoms with Gasteiger partial charge in [0.15, 0.2) is 14.1 Å². The lowest BCUT2D eigenvalue weighted by molar-refractivity contribution is -0.161. The summed E-state index contributed by atoms with van der Waals surface area (Å²) in [7, 11) is -2.09. The molecule has 0 amide bonds. The van der Waals surface area contributed by atoms with Crippen LogP contribution in [0.2, 0.25) is 18.1 Å². The predicted octanol–water partition coefficient (Wildman–Crippen LogP) is 4.73. The van der Waals surface area contributed by atoms with Gasteiger partial charge in [-0.05, 0) is 57.7 Å². The topological polar surface area (TPSA) is 85.2 Å². The van der Waals surface area contributed by atoms with Crippen molar-refractivity contribution in [1.82, 2.24) is 0 Å². The third-order valence-corrected chi connectivity index (χ3v) is 10.6. The average molecular weight is 431 g/mol. The van der Waals surface area contributed by atoms with E-state index in [-0.39, 0.29) is 36.2 Å². The van der Waals surface area contributed by atoms with Gasteiger partial charge in [-0.15, -0.1) is 0 Å². The Morgan fingerprint density at radius 2 is 1.86 bits per heavy atom. The monoisotopic (exact) mass is 430 g/mol. The van der Waals surface area contributed by atoms with Gasteiger partial charge in [-0.25, -0.2) is 0 Å². The van der Waals surface area contributed by atoms with Crippen molar-refractivity contribution in [3.8, 4) is 0 Å². The Bertz CT molecular complexity index is 580. The van der Waals surface area contributed by atoms with Crippen LogP contribution in [0, 0.1) is 5.92 Å². The minimum Gasteiger partial charge on any atom is -0.481 e. The van der Waals surface area contributed by atoms with E-state index in [2.05, 4.69) is 33.9 Å². The van der Waals surface area contributed by atoms with Crippen molar-refractivity contribution in [1.29, 1.82) is 0 Å². The number of carboxylic acids is 1. The molecule has 0 aromatic rings. The summed E-state index contributed by atoms with van der Waals surface area (Å²) in [5.41, 5.74) is -0.595. The highest BCUT2D eigenvalue weighted by atomic mass is 28.4. The Balaban J connectivity index is 2.96. The summed E-state index contributed by atoms with van der Waals surface area (Å²) in [5, 5.41) is 18.7. The molecular weight excluding hydrogens is 388 g/mol. The van der Waals surface area contributed by atoms with Crippen LogP contribution in [0.15, 0.2) is 12.2 Å². The summed E-state index contributed by atoms with van der Waals surface area (Å²) in [6, 6.07) is 0. The SMILES string of the molecule is C[C@H](/C=C/[C@H]1OC(C)(C)O[C@@]1(C)CC[C@@H](CC(=O)O)O[Si](C)(C)C(C)(C)C)CO. The van der Waals surface area contributed by atoms with E-state index in [1.807, 2.05) is 39.8 Å². The summed E-state index contributed by atoms with van der Waals surface area (Å²) in [6.07, 6.45) is 4.43. The molecule has 170 valence electrons. The van der Waals surface area contributed by atoms with Crippen LogP contribution in [0.5, 0.6) is 0 Å². The number of ether oxygens (including phenoxy) is 2. The third kappa shape index (κ3) is 7.79. The quantitative estimate of drug-likeness (QED) is 0.385. The smallest absolute Gasteiger partial charge is 0.305 e. The molecular formula is C22H42O6Si. The van der Waals surface area contributed by atoms with Gasteiger partial charge in [-0.2, -0.15) is 0 Å². The number of aliphatic hydroxyl groups is 1.